The molecule has 0 fully saturated rings. The van der Waals surface area contributed by atoms with E-state index in [-0.39, 0.29) is 5.69 Å². The van der Waals surface area contributed by atoms with Crippen LogP contribution < -0.4 is 5.32 Å². The van der Waals surface area contributed by atoms with E-state index in [4.69, 9.17) is 0 Å². The third kappa shape index (κ3) is 1.92. The lowest BCUT2D eigenvalue weighted by Gasteiger charge is -2.08. The minimum atomic E-state index is -1.09. The Hall–Kier alpha value is -3.42. The van der Waals surface area contributed by atoms with Crippen LogP contribution >= 0.6 is 0 Å². The molecule has 114 valence electrons. The molecule has 0 unspecified atom stereocenters. The summed E-state index contributed by atoms with van der Waals surface area (Å²) >= 11 is 0. The highest BCUT2D eigenvalue weighted by Gasteiger charge is 2.17. The molecule has 8 heteroatoms. The molecule has 0 aliphatic rings. The van der Waals surface area contributed by atoms with Crippen LogP contribution in [0, 0.1) is 0 Å². The average molecular weight is 308 g/mol. The summed E-state index contributed by atoms with van der Waals surface area (Å²) in [5.74, 6) is -0.585. The molecule has 8 nitrogen and oxygen atoms in total. The van der Waals surface area contributed by atoms with Gasteiger partial charge in [0.15, 0.2) is 17.2 Å². The van der Waals surface area contributed by atoms with Crippen LogP contribution in [-0.2, 0) is 0 Å². The van der Waals surface area contributed by atoms with Crippen molar-refractivity contribution in [1.82, 2.24) is 24.4 Å². The van der Waals surface area contributed by atoms with E-state index in [2.05, 4.69) is 20.5 Å². The monoisotopic (exact) mass is 308 g/mol. The molecule has 2 N–H and O–H groups in total. The van der Waals surface area contributed by atoms with Gasteiger partial charge in [0.2, 0.25) is 0 Å². The van der Waals surface area contributed by atoms with E-state index < -0.39 is 5.97 Å². The Kier molecular flexibility index (Phi) is 2.77. The van der Waals surface area contributed by atoms with Gasteiger partial charge in [-0.2, -0.15) is 5.10 Å². The summed E-state index contributed by atoms with van der Waals surface area (Å²) in [6.45, 7) is 0. The zero-order valence-electron chi connectivity index (χ0n) is 12.1. The Balaban J connectivity index is 2.03. The minimum Gasteiger partial charge on any atom is -0.476 e. The fourth-order valence-electron chi connectivity index (χ4n) is 2.54. The fourth-order valence-corrected chi connectivity index (χ4v) is 2.54. The molecule has 0 atom stereocenters. The molecular weight excluding hydrogens is 296 g/mol. The minimum absolute atomic E-state index is 0.00480. The van der Waals surface area contributed by atoms with Crippen molar-refractivity contribution in [2.24, 2.45) is 0 Å². The Morgan fingerprint density at radius 2 is 2.09 bits per heavy atom. The van der Waals surface area contributed by atoms with Gasteiger partial charge in [-0.15, -0.1) is 5.10 Å². The number of carboxylic acid groups (broad SMARTS) is 1. The van der Waals surface area contributed by atoms with E-state index in [1.165, 1.54) is 10.7 Å². The number of aromatic carboxylic acids is 1. The van der Waals surface area contributed by atoms with E-state index >= 15 is 0 Å². The first-order chi connectivity index (χ1) is 11.2. The van der Waals surface area contributed by atoms with Crippen molar-refractivity contribution in [3.05, 3.63) is 48.4 Å². The highest BCUT2D eigenvalue weighted by atomic mass is 16.4. The summed E-state index contributed by atoms with van der Waals surface area (Å²) in [6.07, 6.45) is 3.03. The van der Waals surface area contributed by atoms with E-state index in [1.807, 2.05) is 24.3 Å². The van der Waals surface area contributed by atoms with Crippen LogP contribution in [0.5, 0.6) is 0 Å². The van der Waals surface area contributed by atoms with Gasteiger partial charge in [-0.25, -0.2) is 19.0 Å². The molecule has 0 saturated heterocycles. The summed E-state index contributed by atoms with van der Waals surface area (Å²) in [7, 11) is 1.75. The van der Waals surface area contributed by atoms with Crippen LogP contribution in [0.4, 0.5) is 5.69 Å². The lowest BCUT2D eigenvalue weighted by atomic mass is 10.2. The number of fused-ring (bicyclic) bond motifs is 2. The second kappa shape index (κ2) is 4.80. The van der Waals surface area contributed by atoms with Gasteiger partial charge in [0.05, 0.1) is 23.6 Å². The Bertz CT molecular complexity index is 1050. The molecule has 3 heterocycles. The number of nitrogens with zero attached hydrogens (tertiary/aromatic N) is 5. The summed E-state index contributed by atoms with van der Waals surface area (Å²) in [5, 5.41) is 22.0. The quantitative estimate of drug-likeness (QED) is 0.599. The molecule has 4 rings (SSSR count). The Morgan fingerprint density at radius 1 is 1.26 bits per heavy atom. The van der Waals surface area contributed by atoms with Gasteiger partial charge >= 0.3 is 5.97 Å². The largest absolute Gasteiger partial charge is 0.476 e. The number of hydrogen-bond donors (Lipinski definition) is 2. The van der Waals surface area contributed by atoms with E-state index in [0.29, 0.717) is 17.2 Å². The lowest BCUT2D eigenvalue weighted by molar-refractivity contribution is 0.0688. The SMILES string of the molecule is CNc1cc(-n2ncc3ccccc32)nn2c(C(=O)O)cnc12. The van der Waals surface area contributed by atoms with Gasteiger partial charge in [-0.3, -0.25) is 0 Å². The van der Waals surface area contributed by atoms with Crippen molar-refractivity contribution < 1.29 is 9.90 Å². The van der Waals surface area contributed by atoms with Crippen LogP contribution in [0.15, 0.2) is 42.7 Å². The van der Waals surface area contributed by atoms with E-state index in [9.17, 15) is 9.90 Å². The number of aromatic nitrogens is 5. The normalized spacial score (nSPS) is 11.2. The molecule has 0 saturated carbocycles. The molecule has 23 heavy (non-hydrogen) atoms. The van der Waals surface area contributed by atoms with Crippen LogP contribution in [0.1, 0.15) is 10.5 Å². The van der Waals surface area contributed by atoms with E-state index in [0.717, 1.165) is 10.9 Å². The van der Waals surface area contributed by atoms with Crippen molar-refractivity contribution in [3.8, 4) is 5.82 Å². The summed E-state index contributed by atoms with van der Waals surface area (Å²) < 4.78 is 2.97. The lowest BCUT2D eigenvalue weighted by Crippen LogP contribution is -2.10. The average Bonchev–Trinajstić information content (AvgIpc) is 3.17. The number of imidazole rings is 1. The number of carboxylic acids is 1. The maximum atomic E-state index is 11.3. The highest BCUT2D eigenvalue weighted by Crippen LogP contribution is 2.22. The number of para-hydroxylation sites is 1. The van der Waals surface area contributed by atoms with Crippen LogP contribution in [-0.4, -0.2) is 42.5 Å². The first-order valence-corrected chi connectivity index (χ1v) is 6.92. The molecule has 0 spiro atoms. The van der Waals surface area contributed by atoms with Gasteiger partial charge in [0.25, 0.3) is 0 Å². The van der Waals surface area contributed by atoms with Crippen molar-refractivity contribution >= 4 is 28.2 Å². The van der Waals surface area contributed by atoms with Crippen molar-refractivity contribution in [3.63, 3.8) is 0 Å². The number of rotatable bonds is 3. The predicted molar refractivity (Wildman–Crippen MR) is 84.1 cm³/mol. The van der Waals surface area contributed by atoms with Crippen molar-refractivity contribution in [1.29, 1.82) is 0 Å². The molecule has 4 aromatic rings. The zero-order valence-corrected chi connectivity index (χ0v) is 12.1. The number of hydrogen-bond acceptors (Lipinski definition) is 5. The molecule has 0 radical (unpaired) electrons. The third-order valence-corrected chi connectivity index (χ3v) is 3.64. The van der Waals surface area contributed by atoms with Gasteiger partial charge in [0, 0.05) is 18.5 Å². The first-order valence-electron chi connectivity index (χ1n) is 6.92. The second-order valence-corrected chi connectivity index (χ2v) is 4.97. The maximum Gasteiger partial charge on any atom is 0.356 e. The Labute approximate surface area is 130 Å². The molecule has 3 aromatic heterocycles. The van der Waals surface area contributed by atoms with Crippen molar-refractivity contribution in [2.75, 3.05) is 12.4 Å². The molecule has 0 aliphatic carbocycles. The Morgan fingerprint density at radius 3 is 2.87 bits per heavy atom. The highest BCUT2D eigenvalue weighted by molar-refractivity contribution is 5.88. The molecule has 0 amide bonds. The van der Waals surface area contributed by atoms with Crippen molar-refractivity contribution in [2.45, 2.75) is 0 Å². The number of nitrogens with one attached hydrogen (secondary N) is 1. The van der Waals surface area contributed by atoms with Gasteiger partial charge in [-0.1, -0.05) is 18.2 Å². The smallest absolute Gasteiger partial charge is 0.356 e. The molecule has 1 aromatic carbocycles. The number of anilines is 1. The standard InChI is InChI=1S/C15H12N6O2/c1-16-10-6-13(19-21-12(15(22)23)8-17-14(10)21)20-11-5-3-2-4-9(11)7-18-20/h2-8,16H,1H3,(H,22,23). The van der Waals surface area contributed by atoms with E-state index in [1.54, 1.807) is 24.0 Å². The molecule has 0 aliphatic heterocycles. The second-order valence-electron chi connectivity index (χ2n) is 4.97. The topological polar surface area (TPSA) is 97.3 Å². The van der Waals surface area contributed by atoms with Gasteiger partial charge < -0.3 is 10.4 Å². The summed E-state index contributed by atoms with van der Waals surface area (Å²) in [6, 6.07) is 9.52. The van der Waals surface area contributed by atoms with Crippen LogP contribution in [0.3, 0.4) is 0 Å². The fraction of sp³-hybridized carbons (Fsp3) is 0.0667. The van der Waals surface area contributed by atoms with Crippen LogP contribution in [0.2, 0.25) is 0 Å². The maximum absolute atomic E-state index is 11.3. The number of carbonyl (C=O) groups is 1. The predicted octanol–water partition coefficient (Wildman–Crippen LogP) is 1.81. The summed E-state index contributed by atoms with van der Waals surface area (Å²) in [4.78, 5) is 15.5. The molecular formula is C15H12N6O2. The number of benzene rings is 1. The van der Waals surface area contributed by atoms with Crippen LogP contribution in [0.25, 0.3) is 22.4 Å². The molecule has 0 bridgehead atoms. The third-order valence-electron chi connectivity index (χ3n) is 3.64. The summed E-state index contributed by atoms with van der Waals surface area (Å²) in [5.41, 5.74) is 2.00. The zero-order chi connectivity index (χ0) is 16.0. The first kappa shape index (κ1) is 13.3. The van der Waals surface area contributed by atoms with Gasteiger partial charge in [-0.05, 0) is 6.07 Å². The van der Waals surface area contributed by atoms with Gasteiger partial charge in [0.1, 0.15) is 0 Å².